The molecule has 104 valence electrons. The molecule has 4 heteroatoms. The first-order valence-corrected chi connectivity index (χ1v) is 7.45. The molecule has 0 aliphatic rings. The van der Waals surface area contributed by atoms with E-state index < -0.39 is 0 Å². The highest BCUT2D eigenvalue weighted by atomic mass is 32.1. The third-order valence-electron chi connectivity index (χ3n) is 3.49. The van der Waals surface area contributed by atoms with E-state index in [9.17, 15) is 0 Å². The molecule has 0 spiro atoms. The van der Waals surface area contributed by atoms with Gasteiger partial charge in [0.05, 0.1) is 17.7 Å². The Balaban J connectivity index is 2.34. The zero-order chi connectivity index (χ0) is 14.7. The van der Waals surface area contributed by atoms with Crippen molar-refractivity contribution in [3.63, 3.8) is 0 Å². The second kappa shape index (κ2) is 6.08. The number of hydrogen-bond donors (Lipinski definition) is 1. The molecule has 0 bridgehead atoms. The van der Waals surface area contributed by atoms with Crippen LogP contribution in [0.15, 0.2) is 35.7 Å². The van der Waals surface area contributed by atoms with Crippen LogP contribution in [0.3, 0.4) is 0 Å². The highest BCUT2D eigenvalue weighted by molar-refractivity contribution is 7.10. The number of nitrogens with two attached hydrogens (primary N) is 1. The smallest absolute Gasteiger partial charge is 0.0991 e. The number of rotatable bonds is 4. The predicted octanol–water partition coefficient (Wildman–Crippen LogP) is 3.45. The summed E-state index contributed by atoms with van der Waals surface area (Å²) in [5.41, 5.74) is 9.22. The van der Waals surface area contributed by atoms with E-state index in [2.05, 4.69) is 36.4 Å². The van der Waals surface area contributed by atoms with Crippen LogP contribution in [0.5, 0.6) is 0 Å². The van der Waals surface area contributed by atoms with Gasteiger partial charge in [-0.15, -0.1) is 11.3 Å². The van der Waals surface area contributed by atoms with Crippen molar-refractivity contribution >= 4 is 17.0 Å². The fourth-order valence-electron chi connectivity index (χ4n) is 2.39. The monoisotopic (exact) mass is 285 g/mol. The third-order valence-corrected chi connectivity index (χ3v) is 4.58. The van der Waals surface area contributed by atoms with Gasteiger partial charge in [-0.05, 0) is 55.1 Å². The molecule has 0 fully saturated rings. The van der Waals surface area contributed by atoms with Crippen molar-refractivity contribution in [2.75, 3.05) is 11.9 Å². The summed E-state index contributed by atoms with van der Waals surface area (Å²) in [6.07, 6.45) is 0. The lowest BCUT2D eigenvalue weighted by Gasteiger charge is -2.33. The first-order chi connectivity index (χ1) is 9.54. The fraction of sp³-hybridized carbons (Fsp3) is 0.312. The summed E-state index contributed by atoms with van der Waals surface area (Å²) in [5, 5.41) is 11.0. The molecule has 1 aromatic heterocycles. The topological polar surface area (TPSA) is 53.0 Å². The van der Waals surface area contributed by atoms with Crippen LogP contribution < -0.4 is 10.6 Å². The molecule has 2 aromatic rings. The van der Waals surface area contributed by atoms with E-state index >= 15 is 0 Å². The molecule has 2 rings (SSSR count). The fourth-order valence-corrected chi connectivity index (χ4v) is 3.57. The molecule has 0 amide bonds. The largest absolute Gasteiger partial charge is 0.365 e. The van der Waals surface area contributed by atoms with Crippen LogP contribution in [-0.2, 0) is 0 Å². The third kappa shape index (κ3) is 2.84. The quantitative estimate of drug-likeness (QED) is 0.936. The Bertz CT molecular complexity index is 607. The minimum atomic E-state index is 0.0213. The number of nitrogens with zero attached hydrogens (tertiary/aromatic N) is 2. The minimum absolute atomic E-state index is 0.0213. The molecule has 1 heterocycles. The summed E-state index contributed by atoms with van der Waals surface area (Å²) < 4.78 is 0. The van der Waals surface area contributed by atoms with Crippen LogP contribution in [0.2, 0.25) is 0 Å². The maximum Gasteiger partial charge on any atom is 0.0991 e. The Morgan fingerprint density at radius 2 is 1.90 bits per heavy atom. The molecule has 0 radical (unpaired) electrons. The molecule has 0 aliphatic carbocycles. The average Bonchev–Trinajstić information content (AvgIpc) is 2.85. The standard InChI is InChI=1S/C16H19N3S/c1-11-8-9-20-16(11)15(12(2)18)19(3)14-6-4-13(10-17)5-7-14/h4-9,12,15H,18H2,1-3H3. The van der Waals surface area contributed by atoms with Crippen molar-refractivity contribution in [3.05, 3.63) is 51.7 Å². The van der Waals surface area contributed by atoms with Gasteiger partial charge in [0.25, 0.3) is 0 Å². The van der Waals surface area contributed by atoms with E-state index in [-0.39, 0.29) is 12.1 Å². The normalized spacial score (nSPS) is 13.6. The number of thiophene rings is 1. The molecule has 2 atom stereocenters. The van der Waals surface area contributed by atoms with Gasteiger partial charge >= 0.3 is 0 Å². The SMILES string of the molecule is Cc1ccsc1C(C(C)N)N(C)c1ccc(C#N)cc1. The van der Waals surface area contributed by atoms with Crippen molar-refractivity contribution in [3.8, 4) is 6.07 Å². The van der Waals surface area contributed by atoms with Gasteiger partial charge in [-0.1, -0.05) is 0 Å². The van der Waals surface area contributed by atoms with Crippen molar-refractivity contribution < 1.29 is 0 Å². The van der Waals surface area contributed by atoms with Crippen LogP contribution in [-0.4, -0.2) is 13.1 Å². The van der Waals surface area contributed by atoms with Crippen molar-refractivity contribution in [2.45, 2.75) is 25.9 Å². The second-order valence-electron chi connectivity index (χ2n) is 5.04. The van der Waals surface area contributed by atoms with Crippen LogP contribution in [0.1, 0.15) is 29.0 Å². The second-order valence-corrected chi connectivity index (χ2v) is 5.99. The van der Waals surface area contributed by atoms with E-state index in [1.165, 1.54) is 10.4 Å². The van der Waals surface area contributed by atoms with Crippen molar-refractivity contribution in [1.29, 1.82) is 5.26 Å². The molecule has 0 saturated heterocycles. The number of nitriles is 1. The van der Waals surface area contributed by atoms with Crippen LogP contribution in [0.4, 0.5) is 5.69 Å². The van der Waals surface area contributed by atoms with Gasteiger partial charge in [0.2, 0.25) is 0 Å². The molecule has 2 N–H and O–H groups in total. The lowest BCUT2D eigenvalue weighted by atomic mass is 10.0. The molecular weight excluding hydrogens is 266 g/mol. The lowest BCUT2D eigenvalue weighted by Crippen LogP contribution is -2.37. The summed E-state index contributed by atoms with van der Waals surface area (Å²) in [4.78, 5) is 3.48. The zero-order valence-electron chi connectivity index (χ0n) is 12.0. The van der Waals surface area contributed by atoms with Gasteiger partial charge < -0.3 is 10.6 Å². The molecule has 1 aromatic carbocycles. The highest BCUT2D eigenvalue weighted by Gasteiger charge is 2.24. The Hall–Kier alpha value is -1.83. The van der Waals surface area contributed by atoms with Crippen molar-refractivity contribution in [2.24, 2.45) is 5.73 Å². The van der Waals surface area contributed by atoms with E-state index in [0.29, 0.717) is 5.56 Å². The van der Waals surface area contributed by atoms with Gasteiger partial charge in [-0.3, -0.25) is 0 Å². The molecule has 20 heavy (non-hydrogen) atoms. The number of aryl methyl sites for hydroxylation is 1. The Kier molecular flexibility index (Phi) is 4.43. The molecule has 2 unspecified atom stereocenters. The minimum Gasteiger partial charge on any atom is -0.365 e. The number of anilines is 1. The van der Waals surface area contributed by atoms with Crippen LogP contribution in [0.25, 0.3) is 0 Å². The number of hydrogen-bond acceptors (Lipinski definition) is 4. The van der Waals surface area contributed by atoms with Gasteiger partial charge in [0.15, 0.2) is 0 Å². The van der Waals surface area contributed by atoms with Crippen LogP contribution >= 0.6 is 11.3 Å². The Labute approximate surface area is 124 Å². The summed E-state index contributed by atoms with van der Waals surface area (Å²) in [7, 11) is 2.05. The molecule has 3 nitrogen and oxygen atoms in total. The first kappa shape index (κ1) is 14.6. The van der Waals surface area contributed by atoms with Gasteiger partial charge in [0, 0.05) is 23.7 Å². The van der Waals surface area contributed by atoms with E-state index in [1.807, 2.05) is 31.2 Å². The molecule has 0 aliphatic heterocycles. The highest BCUT2D eigenvalue weighted by Crippen LogP contribution is 2.33. The lowest BCUT2D eigenvalue weighted by molar-refractivity contribution is 0.564. The number of benzene rings is 1. The van der Waals surface area contributed by atoms with Gasteiger partial charge in [-0.2, -0.15) is 5.26 Å². The Morgan fingerprint density at radius 3 is 2.35 bits per heavy atom. The van der Waals surface area contributed by atoms with Crippen LogP contribution in [0, 0.1) is 18.3 Å². The average molecular weight is 285 g/mol. The van der Waals surface area contributed by atoms with Crippen molar-refractivity contribution in [1.82, 2.24) is 0 Å². The van der Waals surface area contributed by atoms with E-state index in [0.717, 1.165) is 5.69 Å². The summed E-state index contributed by atoms with van der Waals surface area (Å²) in [6, 6.07) is 12.0. The number of likely N-dealkylation sites (N-methyl/N-ethyl adjacent to an activating group) is 1. The van der Waals surface area contributed by atoms with Gasteiger partial charge in [0.1, 0.15) is 0 Å². The summed E-state index contributed by atoms with van der Waals surface area (Å²) in [6.45, 7) is 4.15. The Morgan fingerprint density at radius 1 is 1.25 bits per heavy atom. The summed E-state index contributed by atoms with van der Waals surface area (Å²) in [5.74, 6) is 0. The van der Waals surface area contributed by atoms with E-state index in [1.54, 1.807) is 11.3 Å². The summed E-state index contributed by atoms with van der Waals surface area (Å²) >= 11 is 1.74. The molecule has 0 saturated carbocycles. The first-order valence-electron chi connectivity index (χ1n) is 6.57. The zero-order valence-corrected chi connectivity index (χ0v) is 12.8. The van der Waals surface area contributed by atoms with E-state index in [4.69, 9.17) is 11.0 Å². The van der Waals surface area contributed by atoms with Gasteiger partial charge in [-0.25, -0.2) is 0 Å². The maximum absolute atomic E-state index is 8.87. The maximum atomic E-state index is 8.87. The molecular formula is C16H19N3S. The predicted molar refractivity (Wildman–Crippen MR) is 85.0 cm³/mol.